The van der Waals surface area contributed by atoms with Crippen molar-refractivity contribution in [2.45, 2.75) is 26.8 Å². The number of hydrazine groups is 1. The van der Waals surface area contributed by atoms with Gasteiger partial charge in [-0.2, -0.15) is 0 Å². The van der Waals surface area contributed by atoms with Crippen LogP contribution in [0.5, 0.6) is 0 Å². The fraction of sp³-hybridized carbons (Fsp3) is 1.00. The molecule has 0 bridgehead atoms. The second kappa shape index (κ2) is 4.04. The van der Waals surface area contributed by atoms with Gasteiger partial charge >= 0.3 is 0 Å². The molecule has 0 aliphatic carbocycles. The Labute approximate surface area is 69.9 Å². The van der Waals surface area contributed by atoms with E-state index in [0.29, 0.717) is 6.04 Å². The molecule has 0 saturated carbocycles. The molecule has 68 valence electrons. The van der Waals surface area contributed by atoms with Crippen LogP contribution in [-0.2, 0) is 0 Å². The van der Waals surface area contributed by atoms with Gasteiger partial charge in [-0.1, -0.05) is 20.8 Å². The van der Waals surface area contributed by atoms with Crippen molar-refractivity contribution in [1.82, 2.24) is 10.3 Å². The lowest BCUT2D eigenvalue weighted by Crippen LogP contribution is -2.50. The van der Waals surface area contributed by atoms with E-state index in [1.54, 1.807) is 0 Å². The van der Waals surface area contributed by atoms with Crippen LogP contribution >= 0.6 is 0 Å². The normalized spacial score (nSPS) is 15.5. The molecule has 0 spiro atoms. The molecule has 3 N–H and O–H groups in total. The highest BCUT2D eigenvalue weighted by molar-refractivity contribution is 4.80. The molecule has 0 aromatic heterocycles. The topological polar surface area (TPSA) is 41.3 Å². The van der Waals surface area contributed by atoms with E-state index >= 15 is 0 Å². The van der Waals surface area contributed by atoms with Crippen LogP contribution in [0.1, 0.15) is 20.8 Å². The summed E-state index contributed by atoms with van der Waals surface area (Å²) in [5, 5.41) is 0. The molecule has 0 radical (unpaired) electrons. The molecule has 0 fully saturated rings. The molecule has 0 rings (SSSR count). The van der Waals surface area contributed by atoms with Crippen LogP contribution in [0.25, 0.3) is 0 Å². The Balaban J connectivity index is 3.96. The predicted molar refractivity (Wildman–Crippen MR) is 49.1 cm³/mol. The lowest BCUT2D eigenvalue weighted by molar-refractivity contribution is 0.214. The third-order valence-corrected chi connectivity index (χ3v) is 1.79. The van der Waals surface area contributed by atoms with Gasteiger partial charge in [0.15, 0.2) is 0 Å². The first kappa shape index (κ1) is 10.9. The molecule has 1 atom stereocenters. The lowest BCUT2D eigenvalue weighted by Gasteiger charge is -2.32. The maximum absolute atomic E-state index is 5.43. The number of hydrogen-bond donors (Lipinski definition) is 2. The van der Waals surface area contributed by atoms with Crippen molar-refractivity contribution in [3.8, 4) is 0 Å². The molecule has 0 aliphatic rings. The summed E-state index contributed by atoms with van der Waals surface area (Å²) in [5.74, 6) is 5.43. The van der Waals surface area contributed by atoms with Gasteiger partial charge in [-0.05, 0) is 19.5 Å². The Hall–Kier alpha value is -0.120. The highest BCUT2D eigenvalue weighted by Gasteiger charge is 2.23. The van der Waals surface area contributed by atoms with E-state index in [-0.39, 0.29) is 5.41 Å². The third kappa shape index (κ3) is 4.35. The van der Waals surface area contributed by atoms with Crippen LogP contribution in [0.2, 0.25) is 0 Å². The summed E-state index contributed by atoms with van der Waals surface area (Å²) < 4.78 is 0. The quantitative estimate of drug-likeness (QED) is 0.463. The highest BCUT2D eigenvalue weighted by atomic mass is 15.3. The van der Waals surface area contributed by atoms with E-state index in [0.717, 1.165) is 6.54 Å². The van der Waals surface area contributed by atoms with Crippen molar-refractivity contribution in [3.05, 3.63) is 0 Å². The Bertz CT molecular complexity index is 104. The van der Waals surface area contributed by atoms with E-state index in [2.05, 4.69) is 45.2 Å². The van der Waals surface area contributed by atoms with Crippen LogP contribution in [0.15, 0.2) is 0 Å². The molecule has 0 aliphatic heterocycles. The van der Waals surface area contributed by atoms with Crippen molar-refractivity contribution in [2.75, 3.05) is 20.6 Å². The smallest absolute Gasteiger partial charge is 0.0385 e. The third-order valence-electron chi connectivity index (χ3n) is 1.79. The molecule has 1 unspecified atom stereocenters. The van der Waals surface area contributed by atoms with Crippen molar-refractivity contribution in [1.29, 1.82) is 0 Å². The molecule has 0 aromatic rings. The average Bonchev–Trinajstić information content (AvgIpc) is 1.79. The van der Waals surface area contributed by atoms with Gasteiger partial charge in [0.25, 0.3) is 0 Å². The van der Waals surface area contributed by atoms with E-state index in [1.165, 1.54) is 0 Å². The predicted octanol–water partition coefficient (Wildman–Crippen LogP) is 0.426. The minimum absolute atomic E-state index is 0.221. The Morgan fingerprint density at radius 2 is 1.82 bits per heavy atom. The zero-order valence-corrected chi connectivity index (χ0v) is 8.31. The summed E-state index contributed by atoms with van der Waals surface area (Å²) in [7, 11) is 4.10. The number of likely N-dealkylation sites (N-methyl/N-ethyl adjacent to an activating group) is 1. The average molecular weight is 159 g/mol. The maximum atomic E-state index is 5.43. The van der Waals surface area contributed by atoms with Crippen LogP contribution in [0, 0.1) is 5.41 Å². The second-order valence-corrected chi connectivity index (χ2v) is 4.35. The van der Waals surface area contributed by atoms with E-state index in [1.807, 2.05) is 0 Å². The minimum Gasteiger partial charge on any atom is -0.308 e. The minimum atomic E-state index is 0.221. The summed E-state index contributed by atoms with van der Waals surface area (Å²) in [5.41, 5.74) is 3.05. The fourth-order valence-corrected chi connectivity index (χ4v) is 0.942. The lowest BCUT2D eigenvalue weighted by atomic mass is 9.87. The molecule has 0 aromatic carbocycles. The first-order valence-corrected chi connectivity index (χ1v) is 3.98. The van der Waals surface area contributed by atoms with Crippen LogP contribution in [0.3, 0.4) is 0 Å². The summed E-state index contributed by atoms with van der Waals surface area (Å²) in [6.07, 6.45) is 0. The zero-order valence-electron chi connectivity index (χ0n) is 8.31. The standard InChI is InChI=1S/C8H21N3/c1-8(2,3)7(10-9)6-11(4)5/h7,10H,6,9H2,1-5H3. The number of rotatable bonds is 3. The summed E-state index contributed by atoms with van der Waals surface area (Å²) in [6, 6.07) is 0.345. The molecular formula is C8H21N3. The SMILES string of the molecule is CN(C)CC(NN)C(C)(C)C. The number of hydrogen-bond acceptors (Lipinski definition) is 3. The number of nitrogens with one attached hydrogen (secondary N) is 1. The molecule has 0 heterocycles. The van der Waals surface area contributed by atoms with Gasteiger partial charge in [0, 0.05) is 12.6 Å². The second-order valence-electron chi connectivity index (χ2n) is 4.35. The molecule has 3 nitrogen and oxygen atoms in total. The number of nitrogens with two attached hydrogens (primary N) is 1. The summed E-state index contributed by atoms with van der Waals surface area (Å²) in [6.45, 7) is 7.52. The number of nitrogens with zero attached hydrogens (tertiary/aromatic N) is 1. The van der Waals surface area contributed by atoms with Crippen molar-refractivity contribution < 1.29 is 0 Å². The molecule has 0 saturated heterocycles. The summed E-state index contributed by atoms with van der Waals surface area (Å²) in [4.78, 5) is 2.13. The molecule has 0 amide bonds. The highest BCUT2D eigenvalue weighted by Crippen LogP contribution is 2.18. The van der Waals surface area contributed by atoms with Crippen LogP contribution in [0.4, 0.5) is 0 Å². The molecule has 3 heteroatoms. The van der Waals surface area contributed by atoms with Gasteiger partial charge in [-0.15, -0.1) is 0 Å². The Morgan fingerprint density at radius 1 is 1.36 bits per heavy atom. The van der Waals surface area contributed by atoms with Crippen LogP contribution in [-0.4, -0.2) is 31.6 Å². The zero-order chi connectivity index (χ0) is 9.07. The van der Waals surface area contributed by atoms with Gasteiger partial charge in [-0.25, -0.2) is 0 Å². The monoisotopic (exact) mass is 159 g/mol. The Kier molecular flexibility index (Phi) is 4.00. The van der Waals surface area contributed by atoms with E-state index in [4.69, 9.17) is 5.84 Å². The first-order chi connectivity index (χ1) is 4.88. The first-order valence-electron chi connectivity index (χ1n) is 3.98. The van der Waals surface area contributed by atoms with Gasteiger partial charge in [0.05, 0.1) is 0 Å². The fourth-order valence-electron chi connectivity index (χ4n) is 0.942. The van der Waals surface area contributed by atoms with Crippen molar-refractivity contribution >= 4 is 0 Å². The van der Waals surface area contributed by atoms with Crippen molar-refractivity contribution in [2.24, 2.45) is 11.3 Å². The molecule has 11 heavy (non-hydrogen) atoms. The van der Waals surface area contributed by atoms with Gasteiger partial charge in [0.1, 0.15) is 0 Å². The van der Waals surface area contributed by atoms with Crippen LogP contribution < -0.4 is 11.3 Å². The van der Waals surface area contributed by atoms with Gasteiger partial charge in [0.2, 0.25) is 0 Å². The maximum Gasteiger partial charge on any atom is 0.0385 e. The summed E-state index contributed by atoms with van der Waals surface area (Å²) >= 11 is 0. The largest absolute Gasteiger partial charge is 0.308 e. The van der Waals surface area contributed by atoms with Gasteiger partial charge in [-0.3, -0.25) is 11.3 Å². The van der Waals surface area contributed by atoms with E-state index < -0.39 is 0 Å². The Morgan fingerprint density at radius 3 is 1.91 bits per heavy atom. The van der Waals surface area contributed by atoms with E-state index in [9.17, 15) is 0 Å². The van der Waals surface area contributed by atoms with Crippen molar-refractivity contribution in [3.63, 3.8) is 0 Å². The molecular weight excluding hydrogens is 138 g/mol. The van der Waals surface area contributed by atoms with Gasteiger partial charge < -0.3 is 4.90 Å².